The maximum Gasteiger partial charge on any atom is 0.529 e. The van der Waals surface area contributed by atoms with Crippen LogP contribution in [0, 0.1) is 0 Å². The molecule has 0 fully saturated rings. The summed E-state index contributed by atoms with van der Waals surface area (Å²) < 4.78 is 35.2. The highest BCUT2D eigenvalue weighted by Crippen LogP contribution is 2.04. The number of hydrogen-bond acceptors (Lipinski definition) is 2. The Morgan fingerprint density at radius 1 is 1.20 bits per heavy atom. The van der Waals surface area contributed by atoms with Crippen LogP contribution in [0.1, 0.15) is 0 Å². The first-order valence-electron chi connectivity index (χ1n) is 2.56. The molecule has 0 aromatic carbocycles. The van der Waals surface area contributed by atoms with E-state index in [1.807, 2.05) is 0 Å². The largest absolute Gasteiger partial charge is 0.529 e. The maximum atomic E-state index is 11.7. The first kappa shape index (κ1) is 7.05. The van der Waals surface area contributed by atoms with Crippen LogP contribution in [0.2, 0.25) is 0 Å². The SMILES string of the molecule is F[B-](F)(F)c1cnccn1. The minimum atomic E-state index is -4.98. The van der Waals surface area contributed by atoms with Gasteiger partial charge in [0.1, 0.15) is 0 Å². The molecule has 0 unspecified atom stereocenters. The van der Waals surface area contributed by atoms with Crippen LogP contribution in [0.5, 0.6) is 0 Å². The molecule has 54 valence electrons. The Labute approximate surface area is 55.2 Å². The Bertz CT molecular complexity index is 209. The fourth-order valence-corrected chi connectivity index (χ4v) is 0.480. The van der Waals surface area contributed by atoms with Gasteiger partial charge >= 0.3 is 6.98 Å². The van der Waals surface area contributed by atoms with Crippen molar-refractivity contribution in [2.24, 2.45) is 0 Å². The quantitative estimate of drug-likeness (QED) is 0.541. The summed E-state index contributed by atoms with van der Waals surface area (Å²) >= 11 is 0. The van der Waals surface area contributed by atoms with Crippen molar-refractivity contribution < 1.29 is 12.9 Å². The molecule has 1 heterocycles. The smallest absolute Gasteiger partial charge is 0.444 e. The third kappa shape index (κ3) is 1.46. The van der Waals surface area contributed by atoms with E-state index in [-0.39, 0.29) is 0 Å². The maximum absolute atomic E-state index is 11.7. The summed E-state index contributed by atoms with van der Waals surface area (Å²) in [7, 11) is 0. The van der Waals surface area contributed by atoms with Gasteiger partial charge in [-0.2, -0.15) is 0 Å². The molecule has 1 rings (SSSR count). The fourth-order valence-electron chi connectivity index (χ4n) is 0.480. The lowest BCUT2D eigenvalue weighted by atomic mass is 9.87. The summed E-state index contributed by atoms with van der Waals surface area (Å²) in [6.45, 7) is -4.98. The van der Waals surface area contributed by atoms with Crippen molar-refractivity contribution in [3.05, 3.63) is 18.6 Å². The zero-order chi connectivity index (χ0) is 7.61. The zero-order valence-corrected chi connectivity index (χ0v) is 4.84. The molecule has 0 amide bonds. The van der Waals surface area contributed by atoms with Crippen molar-refractivity contribution in [3.8, 4) is 0 Å². The van der Waals surface area contributed by atoms with E-state index < -0.39 is 12.6 Å². The van der Waals surface area contributed by atoms with Gasteiger partial charge in [-0.25, -0.2) is 0 Å². The number of nitrogens with zero attached hydrogens (tertiary/aromatic N) is 2. The van der Waals surface area contributed by atoms with Gasteiger partial charge in [0.25, 0.3) is 0 Å². The molecule has 2 nitrogen and oxygen atoms in total. The van der Waals surface area contributed by atoms with E-state index in [1.165, 1.54) is 6.20 Å². The molecule has 1 aromatic heterocycles. The predicted octanol–water partition coefficient (Wildman–Crippen LogP) is 0.531. The second kappa shape index (κ2) is 2.28. The number of rotatable bonds is 1. The molecule has 0 aliphatic rings. The van der Waals surface area contributed by atoms with Crippen LogP contribution in [0.4, 0.5) is 12.9 Å². The Balaban J connectivity index is 2.97. The van der Waals surface area contributed by atoms with Gasteiger partial charge in [-0.1, -0.05) is 0 Å². The van der Waals surface area contributed by atoms with E-state index in [0.29, 0.717) is 6.20 Å². The zero-order valence-electron chi connectivity index (χ0n) is 4.84. The van der Waals surface area contributed by atoms with Gasteiger partial charge in [-0.15, -0.1) is 0 Å². The molecule has 0 aliphatic carbocycles. The van der Waals surface area contributed by atoms with Crippen molar-refractivity contribution in [2.45, 2.75) is 0 Å². The molecule has 0 atom stereocenters. The highest BCUT2D eigenvalue weighted by molar-refractivity contribution is 6.72. The van der Waals surface area contributed by atoms with Crippen molar-refractivity contribution >= 4 is 12.6 Å². The van der Waals surface area contributed by atoms with Crippen LogP contribution < -0.4 is 5.59 Å². The molecule has 0 aliphatic heterocycles. The number of hydrogen-bond donors (Lipinski definition) is 0. The molecule has 0 saturated carbocycles. The molecule has 0 bridgehead atoms. The average Bonchev–Trinajstić information content (AvgIpc) is 1.88. The van der Waals surface area contributed by atoms with E-state index >= 15 is 0 Å². The Morgan fingerprint density at radius 2 is 1.90 bits per heavy atom. The van der Waals surface area contributed by atoms with Crippen molar-refractivity contribution in [1.82, 2.24) is 9.97 Å². The molecule has 0 N–H and O–H groups in total. The Kier molecular flexibility index (Phi) is 1.61. The van der Waals surface area contributed by atoms with Crippen molar-refractivity contribution in [2.75, 3.05) is 0 Å². The summed E-state index contributed by atoms with van der Waals surface area (Å²) in [5.74, 6) is 0. The normalized spacial score (nSPS) is 11.5. The van der Waals surface area contributed by atoms with E-state index in [2.05, 4.69) is 9.97 Å². The van der Waals surface area contributed by atoms with E-state index in [9.17, 15) is 12.9 Å². The number of aromatic nitrogens is 2. The van der Waals surface area contributed by atoms with Crippen LogP contribution >= 0.6 is 0 Å². The summed E-state index contributed by atoms with van der Waals surface area (Å²) in [6, 6.07) is 0. The summed E-state index contributed by atoms with van der Waals surface area (Å²) in [4.78, 5) is 6.37. The molecular formula is C4H3BF3N2-. The minimum Gasteiger partial charge on any atom is -0.444 e. The van der Waals surface area contributed by atoms with Crippen LogP contribution in [0.25, 0.3) is 0 Å². The van der Waals surface area contributed by atoms with Gasteiger partial charge in [0.15, 0.2) is 0 Å². The molecule has 0 radical (unpaired) electrons. The van der Waals surface area contributed by atoms with E-state index in [0.717, 1.165) is 6.20 Å². The summed E-state index contributed by atoms with van der Waals surface area (Å²) in [5, 5.41) is 0. The van der Waals surface area contributed by atoms with Gasteiger partial charge < -0.3 is 12.9 Å². The molecule has 1 aromatic rings. The summed E-state index contributed by atoms with van der Waals surface area (Å²) in [5.41, 5.74) is -0.900. The second-order valence-electron chi connectivity index (χ2n) is 1.71. The van der Waals surface area contributed by atoms with E-state index in [4.69, 9.17) is 0 Å². The third-order valence-electron chi connectivity index (χ3n) is 0.919. The van der Waals surface area contributed by atoms with Crippen LogP contribution in [0.15, 0.2) is 18.6 Å². The third-order valence-corrected chi connectivity index (χ3v) is 0.919. The first-order valence-corrected chi connectivity index (χ1v) is 2.56. The van der Waals surface area contributed by atoms with Crippen LogP contribution in [0.3, 0.4) is 0 Å². The monoisotopic (exact) mass is 147 g/mol. The molecule has 6 heteroatoms. The van der Waals surface area contributed by atoms with Gasteiger partial charge in [0, 0.05) is 24.2 Å². The Hall–Kier alpha value is -1.07. The van der Waals surface area contributed by atoms with Crippen molar-refractivity contribution in [3.63, 3.8) is 0 Å². The fraction of sp³-hybridized carbons (Fsp3) is 0. The Morgan fingerprint density at radius 3 is 2.20 bits per heavy atom. The lowest BCUT2D eigenvalue weighted by Gasteiger charge is -2.11. The standard InChI is InChI=1S/C4H3BF3N2/c6-5(7,8)4-3-9-1-2-10-4/h1-3H/q-1. The predicted molar refractivity (Wildman–Crippen MR) is 30.7 cm³/mol. The topological polar surface area (TPSA) is 25.8 Å². The van der Waals surface area contributed by atoms with Gasteiger partial charge in [-0.3, -0.25) is 9.97 Å². The molecular weight excluding hydrogens is 144 g/mol. The van der Waals surface area contributed by atoms with Crippen molar-refractivity contribution in [1.29, 1.82) is 0 Å². The van der Waals surface area contributed by atoms with Crippen LogP contribution in [-0.2, 0) is 0 Å². The van der Waals surface area contributed by atoms with Crippen LogP contribution in [-0.4, -0.2) is 16.9 Å². The molecule has 10 heavy (non-hydrogen) atoms. The second-order valence-corrected chi connectivity index (χ2v) is 1.71. The van der Waals surface area contributed by atoms with Gasteiger partial charge in [0.2, 0.25) is 0 Å². The van der Waals surface area contributed by atoms with Gasteiger partial charge in [0.05, 0.1) is 0 Å². The summed E-state index contributed by atoms with van der Waals surface area (Å²) in [6.07, 6.45) is 2.93. The lowest BCUT2D eigenvalue weighted by Crippen LogP contribution is -2.36. The number of halogens is 3. The lowest BCUT2D eigenvalue weighted by molar-refractivity contribution is 0.498. The van der Waals surface area contributed by atoms with E-state index in [1.54, 1.807) is 0 Å². The minimum absolute atomic E-state index is 0.708. The highest BCUT2D eigenvalue weighted by atomic mass is 19.4. The molecule has 0 spiro atoms. The average molecular weight is 147 g/mol. The van der Waals surface area contributed by atoms with Gasteiger partial charge in [-0.05, 0) is 0 Å². The molecule has 0 saturated heterocycles. The highest BCUT2D eigenvalue weighted by Gasteiger charge is 2.27. The first-order chi connectivity index (χ1) is 4.61.